The molecule has 2 aliphatic rings. The van der Waals surface area contributed by atoms with Crippen LogP contribution in [0.4, 0.5) is 4.79 Å². The summed E-state index contributed by atoms with van der Waals surface area (Å²) >= 11 is 0. The van der Waals surface area contributed by atoms with Crippen LogP contribution in [0.3, 0.4) is 0 Å². The number of carbonyl (C=O) groups excluding carboxylic acids is 2. The summed E-state index contributed by atoms with van der Waals surface area (Å²) in [6, 6.07) is 8.94. The lowest BCUT2D eigenvalue weighted by Gasteiger charge is -2.44. The molecule has 1 heterocycles. The van der Waals surface area contributed by atoms with Crippen molar-refractivity contribution in [3.05, 3.63) is 35.9 Å². The van der Waals surface area contributed by atoms with Gasteiger partial charge in [-0.3, -0.25) is 15.0 Å². The first-order valence-corrected chi connectivity index (χ1v) is 9.00. The lowest BCUT2D eigenvalue weighted by Crippen LogP contribution is -2.50. The Morgan fingerprint density at radius 1 is 1.08 bits per heavy atom. The molecule has 2 N–H and O–H groups in total. The molecule has 1 saturated heterocycles. The van der Waals surface area contributed by atoms with E-state index in [0.29, 0.717) is 5.92 Å². The molecule has 0 spiro atoms. The quantitative estimate of drug-likeness (QED) is 0.896. The van der Waals surface area contributed by atoms with Crippen LogP contribution in [-0.4, -0.2) is 37.0 Å². The fourth-order valence-electron chi connectivity index (χ4n) is 4.27. The molecule has 130 valence electrons. The van der Waals surface area contributed by atoms with Crippen molar-refractivity contribution in [2.75, 3.05) is 20.1 Å². The van der Waals surface area contributed by atoms with Gasteiger partial charge in [0.2, 0.25) is 5.91 Å². The highest BCUT2D eigenvalue weighted by molar-refractivity contribution is 5.97. The molecule has 24 heavy (non-hydrogen) atoms. The average Bonchev–Trinajstić information content (AvgIpc) is 2.62. The van der Waals surface area contributed by atoms with Gasteiger partial charge in [-0.25, -0.2) is 4.79 Å². The SMILES string of the molecule is CNC(=O)NC(=O)[C@@H](c1ccccc1)N1CC[C@@H]2CCCC[C@@H]2C1. The Hall–Kier alpha value is -1.88. The maximum absolute atomic E-state index is 12.8. The maximum atomic E-state index is 12.8. The van der Waals surface area contributed by atoms with E-state index in [-0.39, 0.29) is 5.91 Å². The van der Waals surface area contributed by atoms with Crippen molar-refractivity contribution in [2.24, 2.45) is 11.8 Å². The molecule has 1 saturated carbocycles. The van der Waals surface area contributed by atoms with Crippen molar-refractivity contribution in [3.8, 4) is 0 Å². The zero-order valence-electron chi connectivity index (χ0n) is 14.3. The van der Waals surface area contributed by atoms with Crippen LogP contribution < -0.4 is 10.6 Å². The van der Waals surface area contributed by atoms with Crippen LogP contribution in [0, 0.1) is 11.8 Å². The van der Waals surface area contributed by atoms with Gasteiger partial charge in [-0.05, 0) is 36.8 Å². The molecule has 1 aromatic carbocycles. The van der Waals surface area contributed by atoms with E-state index >= 15 is 0 Å². The van der Waals surface area contributed by atoms with E-state index in [4.69, 9.17) is 0 Å². The first kappa shape index (κ1) is 17.0. The fourth-order valence-corrected chi connectivity index (χ4v) is 4.27. The second-order valence-corrected chi connectivity index (χ2v) is 6.97. The molecule has 0 bridgehead atoms. The molecule has 0 radical (unpaired) electrons. The van der Waals surface area contributed by atoms with Crippen LogP contribution in [0.25, 0.3) is 0 Å². The molecule has 1 aliphatic heterocycles. The third-order valence-corrected chi connectivity index (χ3v) is 5.52. The van der Waals surface area contributed by atoms with Gasteiger partial charge in [-0.1, -0.05) is 49.6 Å². The summed E-state index contributed by atoms with van der Waals surface area (Å²) in [5.41, 5.74) is 0.952. The minimum absolute atomic E-state index is 0.241. The molecule has 1 aromatic rings. The molecular formula is C19H27N3O2. The lowest BCUT2D eigenvalue weighted by molar-refractivity contribution is -0.127. The zero-order valence-corrected chi connectivity index (χ0v) is 14.3. The maximum Gasteiger partial charge on any atom is 0.321 e. The number of urea groups is 1. The second-order valence-electron chi connectivity index (χ2n) is 6.97. The standard InChI is InChI=1S/C19H27N3O2/c1-20-19(24)21-18(23)17(15-8-3-2-4-9-15)22-12-11-14-7-5-6-10-16(14)13-22/h2-4,8-9,14,16-17H,5-7,10-13H2,1H3,(H2,20,21,23,24)/t14-,16+,17+/m0/s1. The van der Waals surface area contributed by atoms with Gasteiger partial charge in [0.05, 0.1) is 0 Å². The van der Waals surface area contributed by atoms with Gasteiger partial charge in [0.15, 0.2) is 0 Å². The number of carbonyl (C=O) groups is 2. The zero-order chi connectivity index (χ0) is 16.9. The molecule has 0 unspecified atom stereocenters. The Balaban J connectivity index is 1.79. The van der Waals surface area contributed by atoms with Crippen LogP contribution in [-0.2, 0) is 4.79 Å². The summed E-state index contributed by atoms with van der Waals surface area (Å²) in [5.74, 6) is 1.26. The third kappa shape index (κ3) is 3.78. The first-order chi connectivity index (χ1) is 11.7. The van der Waals surface area contributed by atoms with Gasteiger partial charge in [0, 0.05) is 13.6 Å². The lowest BCUT2D eigenvalue weighted by atomic mass is 9.74. The smallest absolute Gasteiger partial charge is 0.321 e. The molecule has 5 heteroatoms. The van der Waals surface area contributed by atoms with Crippen LogP contribution >= 0.6 is 0 Å². The summed E-state index contributed by atoms with van der Waals surface area (Å²) in [6.45, 7) is 1.87. The Morgan fingerprint density at radius 2 is 1.79 bits per heavy atom. The number of piperidine rings is 1. The number of amides is 3. The van der Waals surface area contributed by atoms with Crippen molar-refractivity contribution in [3.63, 3.8) is 0 Å². The van der Waals surface area contributed by atoms with Gasteiger partial charge >= 0.3 is 6.03 Å². The van der Waals surface area contributed by atoms with Crippen molar-refractivity contribution in [2.45, 2.75) is 38.1 Å². The number of nitrogens with zero attached hydrogens (tertiary/aromatic N) is 1. The van der Waals surface area contributed by atoms with Gasteiger partial charge in [-0.2, -0.15) is 0 Å². The van der Waals surface area contributed by atoms with E-state index in [2.05, 4.69) is 15.5 Å². The van der Waals surface area contributed by atoms with Gasteiger partial charge in [0.1, 0.15) is 6.04 Å². The normalized spacial score (nSPS) is 25.4. The van der Waals surface area contributed by atoms with E-state index in [1.807, 2.05) is 30.3 Å². The van der Waals surface area contributed by atoms with Gasteiger partial charge < -0.3 is 5.32 Å². The molecule has 2 fully saturated rings. The summed E-state index contributed by atoms with van der Waals surface area (Å²) in [4.78, 5) is 26.6. The second kappa shape index (κ2) is 7.79. The Kier molecular flexibility index (Phi) is 5.51. The van der Waals surface area contributed by atoms with Crippen LogP contribution in [0.2, 0.25) is 0 Å². The Morgan fingerprint density at radius 3 is 2.50 bits per heavy atom. The van der Waals surface area contributed by atoms with E-state index in [1.165, 1.54) is 32.7 Å². The van der Waals surface area contributed by atoms with E-state index in [1.54, 1.807) is 0 Å². The molecular weight excluding hydrogens is 302 g/mol. The molecule has 3 atom stereocenters. The summed E-state index contributed by atoms with van der Waals surface area (Å²) in [7, 11) is 1.52. The van der Waals surface area contributed by atoms with Gasteiger partial charge in [0.25, 0.3) is 0 Å². The number of benzene rings is 1. The molecule has 5 nitrogen and oxygen atoms in total. The van der Waals surface area contributed by atoms with Crippen LogP contribution in [0.5, 0.6) is 0 Å². The topological polar surface area (TPSA) is 61.4 Å². The number of fused-ring (bicyclic) bond motifs is 1. The number of rotatable bonds is 3. The predicted octanol–water partition coefficient (Wildman–Crippen LogP) is 2.70. The van der Waals surface area contributed by atoms with E-state index in [0.717, 1.165) is 31.0 Å². The summed E-state index contributed by atoms with van der Waals surface area (Å²) in [5, 5.41) is 4.93. The molecule has 0 aromatic heterocycles. The van der Waals surface area contributed by atoms with Crippen molar-refractivity contribution >= 4 is 11.9 Å². The first-order valence-electron chi connectivity index (χ1n) is 9.00. The number of likely N-dealkylation sites (tertiary alicyclic amines) is 1. The van der Waals surface area contributed by atoms with Crippen LogP contribution in [0.1, 0.15) is 43.7 Å². The fraction of sp³-hybridized carbons (Fsp3) is 0.579. The molecule has 3 amide bonds. The summed E-state index contributed by atoms with van der Waals surface area (Å²) < 4.78 is 0. The number of hydrogen-bond acceptors (Lipinski definition) is 3. The third-order valence-electron chi connectivity index (χ3n) is 5.52. The predicted molar refractivity (Wildman–Crippen MR) is 93.4 cm³/mol. The molecule has 1 aliphatic carbocycles. The highest BCUT2D eigenvalue weighted by Gasteiger charge is 2.37. The summed E-state index contributed by atoms with van der Waals surface area (Å²) in [6.07, 6.45) is 6.40. The number of nitrogens with one attached hydrogen (secondary N) is 2. The Labute approximate surface area is 143 Å². The number of imide groups is 1. The highest BCUT2D eigenvalue weighted by Crippen LogP contribution is 2.38. The molecule has 3 rings (SSSR count). The van der Waals surface area contributed by atoms with Crippen molar-refractivity contribution in [1.82, 2.24) is 15.5 Å². The highest BCUT2D eigenvalue weighted by atomic mass is 16.2. The van der Waals surface area contributed by atoms with Crippen molar-refractivity contribution in [1.29, 1.82) is 0 Å². The number of hydrogen-bond donors (Lipinski definition) is 2. The minimum atomic E-state index is -0.450. The van der Waals surface area contributed by atoms with Gasteiger partial charge in [-0.15, -0.1) is 0 Å². The monoisotopic (exact) mass is 329 g/mol. The van der Waals surface area contributed by atoms with E-state index in [9.17, 15) is 9.59 Å². The average molecular weight is 329 g/mol. The largest absolute Gasteiger partial charge is 0.341 e. The van der Waals surface area contributed by atoms with E-state index < -0.39 is 12.1 Å². The van der Waals surface area contributed by atoms with Crippen molar-refractivity contribution < 1.29 is 9.59 Å². The Bertz CT molecular complexity index is 575. The minimum Gasteiger partial charge on any atom is -0.341 e. The van der Waals surface area contributed by atoms with Crippen LogP contribution in [0.15, 0.2) is 30.3 Å².